The van der Waals surface area contributed by atoms with Gasteiger partial charge in [0.2, 0.25) is 0 Å². The van der Waals surface area contributed by atoms with Gasteiger partial charge in [0.25, 0.3) is 0 Å². The average Bonchev–Trinajstić information content (AvgIpc) is 2.65. The minimum Gasteiger partial charge on any atom is -0.504 e. The van der Waals surface area contributed by atoms with Gasteiger partial charge in [0.15, 0.2) is 11.5 Å². The highest BCUT2D eigenvalue weighted by molar-refractivity contribution is 5.89. The first-order valence-electron chi connectivity index (χ1n) is 8.61. The van der Waals surface area contributed by atoms with Crippen molar-refractivity contribution in [2.45, 2.75) is 38.5 Å². The first-order valence-corrected chi connectivity index (χ1v) is 8.61. The third kappa shape index (κ3) is 5.68. The number of nitrogens with two attached hydrogens (primary N) is 1. The van der Waals surface area contributed by atoms with Crippen LogP contribution < -0.4 is 5.73 Å². The molecule has 0 amide bonds. The van der Waals surface area contributed by atoms with Crippen LogP contribution in [0.25, 0.3) is 0 Å². The van der Waals surface area contributed by atoms with E-state index < -0.39 is 36.0 Å². The van der Waals surface area contributed by atoms with E-state index in [1.807, 2.05) is 0 Å². The number of esters is 2. The van der Waals surface area contributed by atoms with E-state index in [2.05, 4.69) is 0 Å². The summed E-state index contributed by atoms with van der Waals surface area (Å²) in [5.74, 6) is -2.43. The Balaban J connectivity index is 1.88. The zero-order valence-corrected chi connectivity index (χ0v) is 15.5. The highest BCUT2D eigenvalue weighted by Crippen LogP contribution is 2.25. The lowest BCUT2D eigenvalue weighted by atomic mass is 10.1. The molecule has 2 aromatic rings. The molecule has 0 radical (unpaired) electrons. The summed E-state index contributed by atoms with van der Waals surface area (Å²) in [6.07, 6.45) is -1.44. The largest absolute Gasteiger partial charge is 0.504 e. The van der Waals surface area contributed by atoms with Crippen LogP contribution in [-0.2, 0) is 20.7 Å². The number of benzene rings is 2. The smallest absolute Gasteiger partial charge is 0.338 e. The zero-order valence-electron chi connectivity index (χ0n) is 15.5. The standard InChI is InChI=1S/C20H22FNO6/c1-11(27-19(25)14-4-6-15(21)7-5-14)12(2)28-20(26)16(22)9-13-3-8-17(23)18(24)10-13/h3-8,10-12,16,23-24H,9,22H2,1-2H3. The van der Waals surface area contributed by atoms with E-state index in [4.69, 9.17) is 15.2 Å². The molecule has 2 rings (SSSR count). The van der Waals surface area contributed by atoms with Crippen LogP contribution in [-0.4, -0.2) is 40.4 Å². The normalized spacial score (nSPS) is 14.0. The van der Waals surface area contributed by atoms with Crippen LogP contribution in [0.15, 0.2) is 42.5 Å². The molecule has 0 heterocycles. The molecule has 0 spiro atoms. The van der Waals surface area contributed by atoms with Crippen molar-refractivity contribution in [2.75, 3.05) is 0 Å². The van der Waals surface area contributed by atoms with Crippen molar-refractivity contribution < 1.29 is 33.7 Å². The molecule has 3 unspecified atom stereocenters. The molecule has 7 nitrogen and oxygen atoms in total. The summed E-state index contributed by atoms with van der Waals surface area (Å²) in [4.78, 5) is 24.2. The van der Waals surface area contributed by atoms with Gasteiger partial charge in [0.05, 0.1) is 5.56 Å². The summed E-state index contributed by atoms with van der Waals surface area (Å²) in [5, 5.41) is 18.8. The highest BCUT2D eigenvalue weighted by Gasteiger charge is 2.24. The third-order valence-corrected chi connectivity index (χ3v) is 4.13. The van der Waals surface area contributed by atoms with Crippen molar-refractivity contribution in [1.82, 2.24) is 0 Å². The Kier molecular flexibility index (Phi) is 6.94. The highest BCUT2D eigenvalue weighted by atomic mass is 19.1. The lowest BCUT2D eigenvalue weighted by Gasteiger charge is -2.22. The molecule has 0 saturated heterocycles. The van der Waals surface area contributed by atoms with E-state index in [0.29, 0.717) is 5.56 Å². The number of carbonyl (C=O) groups excluding carboxylic acids is 2. The summed E-state index contributed by atoms with van der Waals surface area (Å²) >= 11 is 0. The number of hydrogen-bond donors (Lipinski definition) is 3. The summed E-state index contributed by atoms with van der Waals surface area (Å²) in [5.41, 5.74) is 6.55. The molecule has 0 aliphatic rings. The summed E-state index contributed by atoms with van der Waals surface area (Å²) < 4.78 is 23.4. The predicted molar refractivity (Wildman–Crippen MR) is 98.3 cm³/mol. The summed E-state index contributed by atoms with van der Waals surface area (Å²) in [6, 6.07) is 8.00. The third-order valence-electron chi connectivity index (χ3n) is 4.13. The Labute approximate surface area is 161 Å². The monoisotopic (exact) mass is 391 g/mol. The van der Waals surface area contributed by atoms with Crippen LogP contribution in [0, 0.1) is 5.82 Å². The maximum atomic E-state index is 12.9. The lowest BCUT2D eigenvalue weighted by molar-refractivity contribution is -0.154. The second-order valence-electron chi connectivity index (χ2n) is 6.39. The molecule has 8 heteroatoms. The minimum atomic E-state index is -1.01. The molecule has 0 bridgehead atoms. The molecular formula is C20H22FNO6. The van der Waals surface area contributed by atoms with E-state index in [-0.39, 0.29) is 23.5 Å². The van der Waals surface area contributed by atoms with E-state index in [9.17, 15) is 24.2 Å². The number of rotatable bonds is 7. The first-order chi connectivity index (χ1) is 13.2. The van der Waals surface area contributed by atoms with Gasteiger partial charge in [0, 0.05) is 0 Å². The quantitative estimate of drug-likeness (QED) is 0.489. The van der Waals surface area contributed by atoms with Gasteiger partial charge >= 0.3 is 11.9 Å². The second-order valence-corrected chi connectivity index (χ2v) is 6.39. The number of phenolic OH excluding ortho intramolecular Hbond substituents is 2. The van der Waals surface area contributed by atoms with Crippen LogP contribution in [0.5, 0.6) is 11.5 Å². The van der Waals surface area contributed by atoms with Crippen LogP contribution >= 0.6 is 0 Å². The lowest BCUT2D eigenvalue weighted by Crippen LogP contribution is -2.39. The Morgan fingerprint density at radius 2 is 1.61 bits per heavy atom. The molecule has 3 atom stereocenters. The Bertz CT molecular complexity index is 839. The topological polar surface area (TPSA) is 119 Å². The van der Waals surface area contributed by atoms with Gasteiger partial charge in [-0.25, -0.2) is 9.18 Å². The Morgan fingerprint density at radius 3 is 2.21 bits per heavy atom. The Morgan fingerprint density at radius 1 is 1.00 bits per heavy atom. The van der Waals surface area contributed by atoms with Gasteiger partial charge in [0.1, 0.15) is 24.1 Å². The fraction of sp³-hybridized carbons (Fsp3) is 0.300. The fourth-order valence-corrected chi connectivity index (χ4v) is 2.32. The van der Waals surface area contributed by atoms with Gasteiger partial charge in [-0.15, -0.1) is 0 Å². The van der Waals surface area contributed by atoms with Crippen LogP contribution in [0.4, 0.5) is 4.39 Å². The van der Waals surface area contributed by atoms with Crippen LogP contribution in [0.3, 0.4) is 0 Å². The number of halogens is 1. The molecule has 0 aliphatic heterocycles. The molecule has 2 aromatic carbocycles. The molecule has 0 aromatic heterocycles. The van der Waals surface area contributed by atoms with Crippen molar-refractivity contribution in [3.05, 3.63) is 59.4 Å². The molecular weight excluding hydrogens is 369 g/mol. The predicted octanol–water partition coefficient (Wildman–Crippen LogP) is 2.28. The SMILES string of the molecule is CC(OC(=O)c1ccc(F)cc1)C(C)OC(=O)C(N)Cc1ccc(O)c(O)c1. The Hall–Kier alpha value is -3.13. The van der Waals surface area contributed by atoms with Crippen molar-refractivity contribution in [2.24, 2.45) is 5.73 Å². The average molecular weight is 391 g/mol. The molecule has 0 fully saturated rings. The maximum Gasteiger partial charge on any atom is 0.338 e. The van der Waals surface area contributed by atoms with Gasteiger partial charge in [-0.1, -0.05) is 6.07 Å². The number of phenols is 2. The van der Waals surface area contributed by atoms with Gasteiger partial charge in [-0.05, 0) is 62.2 Å². The molecule has 0 saturated carbocycles. The van der Waals surface area contributed by atoms with Crippen LogP contribution in [0.2, 0.25) is 0 Å². The number of ether oxygens (including phenoxy) is 2. The summed E-state index contributed by atoms with van der Waals surface area (Å²) in [7, 11) is 0. The second kappa shape index (κ2) is 9.18. The minimum absolute atomic E-state index is 0.0864. The molecule has 4 N–H and O–H groups in total. The molecule has 0 aliphatic carbocycles. The van der Waals surface area contributed by atoms with E-state index in [1.165, 1.54) is 30.3 Å². The summed E-state index contributed by atoms with van der Waals surface area (Å²) in [6.45, 7) is 3.11. The van der Waals surface area contributed by atoms with Crippen molar-refractivity contribution in [3.8, 4) is 11.5 Å². The number of hydrogen-bond acceptors (Lipinski definition) is 7. The number of aromatic hydroxyl groups is 2. The van der Waals surface area contributed by atoms with Crippen molar-refractivity contribution in [3.63, 3.8) is 0 Å². The molecule has 28 heavy (non-hydrogen) atoms. The van der Waals surface area contributed by atoms with E-state index in [0.717, 1.165) is 12.1 Å². The van der Waals surface area contributed by atoms with E-state index >= 15 is 0 Å². The van der Waals surface area contributed by atoms with Gasteiger partial charge in [-0.2, -0.15) is 0 Å². The zero-order chi connectivity index (χ0) is 20.8. The fourth-order valence-electron chi connectivity index (χ4n) is 2.32. The van der Waals surface area contributed by atoms with Gasteiger partial charge < -0.3 is 25.4 Å². The maximum absolute atomic E-state index is 12.9. The molecule has 150 valence electrons. The van der Waals surface area contributed by atoms with E-state index in [1.54, 1.807) is 13.8 Å². The first kappa shape index (κ1) is 21.2. The van der Waals surface area contributed by atoms with Crippen molar-refractivity contribution >= 4 is 11.9 Å². The van der Waals surface area contributed by atoms with Crippen molar-refractivity contribution in [1.29, 1.82) is 0 Å². The van der Waals surface area contributed by atoms with Crippen LogP contribution in [0.1, 0.15) is 29.8 Å². The van der Waals surface area contributed by atoms with Gasteiger partial charge in [-0.3, -0.25) is 4.79 Å². The number of carbonyl (C=O) groups is 2.